The molecule has 2 nitrogen and oxygen atoms in total. The third kappa shape index (κ3) is 2.49. The van der Waals surface area contributed by atoms with Gasteiger partial charge < -0.3 is 4.90 Å². The molecule has 1 saturated heterocycles. The highest BCUT2D eigenvalue weighted by molar-refractivity contribution is 5.42. The number of nitrogens with zero attached hydrogens (tertiary/aromatic N) is 2. The van der Waals surface area contributed by atoms with E-state index in [1.165, 1.54) is 5.56 Å². The lowest BCUT2D eigenvalue weighted by Crippen LogP contribution is -2.25. The molecular formula is C12H16F2N2. The molecule has 0 unspecified atom stereocenters. The topological polar surface area (TPSA) is 16.1 Å². The molecule has 0 atom stereocenters. The lowest BCUT2D eigenvalue weighted by molar-refractivity contribution is 0.0256. The summed E-state index contributed by atoms with van der Waals surface area (Å²) < 4.78 is 26.1. The number of aryl methyl sites for hydroxylation is 1. The summed E-state index contributed by atoms with van der Waals surface area (Å²) in [5.74, 6) is -1.87. The normalized spacial score (nSPS) is 19.1. The van der Waals surface area contributed by atoms with Crippen molar-refractivity contribution in [1.82, 2.24) is 4.98 Å². The lowest BCUT2D eigenvalue weighted by atomic mass is 10.1. The predicted octanol–water partition coefficient (Wildman–Crippen LogP) is 2.88. The van der Waals surface area contributed by atoms with Crippen molar-refractivity contribution in [1.29, 1.82) is 0 Å². The number of anilines is 1. The minimum atomic E-state index is -2.55. The molecule has 1 fully saturated rings. The molecular weight excluding hydrogens is 210 g/mol. The van der Waals surface area contributed by atoms with Crippen LogP contribution in [0.1, 0.15) is 25.3 Å². The summed E-state index contributed by atoms with van der Waals surface area (Å²) in [4.78, 5) is 5.83. The average Bonchev–Trinajstić information content (AvgIpc) is 2.60. The first-order valence-corrected chi connectivity index (χ1v) is 5.68. The Morgan fingerprint density at radius 2 is 2.31 bits per heavy atom. The van der Waals surface area contributed by atoms with Crippen LogP contribution in [0.4, 0.5) is 14.6 Å². The fourth-order valence-corrected chi connectivity index (χ4v) is 2.01. The maximum Gasteiger partial charge on any atom is 0.266 e. The number of alkyl halides is 2. The molecule has 88 valence electrons. The fourth-order valence-electron chi connectivity index (χ4n) is 2.01. The van der Waals surface area contributed by atoms with Crippen molar-refractivity contribution in [2.45, 2.75) is 32.1 Å². The Hall–Kier alpha value is -1.19. The quantitative estimate of drug-likeness (QED) is 0.787. The third-order valence-electron chi connectivity index (χ3n) is 2.84. The molecule has 1 aromatic rings. The van der Waals surface area contributed by atoms with E-state index in [0.717, 1.165) is 12.8 Å². The summed E-state index contributed by atoms with van der Waals surface area (Å²) >= 11 is 0. The summed E-state index contributed by atoms with van der Waals surface area (Å²) in [6.07, 6.45) is 3.67. The molecule has 1 aliphatic rings. The van der Waals surface area contributed by atoms with Gasteiger partial charge in [0.15, 0.2) is 0 Å². The zero-order chi connectivity index (χ0) is 11.6. The highest BCUT2D eigenvalue weighted by Gasteiger charge is 2.38. The number of halogens is 2. The van der Waals surface area contributed by atoms with Crippen molar-refractivity contribution in [3.05, 3.63) is 23.9 Å². The molecule has 0 saturated carbocycles. The van der Waals surface area contributed by atoms with E-state index in [9.17, 15) is 8.78 Å². The minimum Gasteiger partial charge on any atom is -0.350 e. The van der Waals surface area contributed by atoms with Gasteiger partial charge in [-0.05, 0) is 24.1 Å². The first-order valence-electron chi connectivity index (χ1n) is 5.68. The molecule has 2 heterocycles. The van der Waals surface area contributed by atoms with Crippen LogP contribution in [0.3, 0.4) is 0 Å². The Morgan fingerprint density at radius 1 is 1.50 bits per heavy atom. The van der Waals surface area contributed by atoms with E-state index in [2.05, 4.69) is 11.9 Å². The van der Waals surface area contributed by atoms with Gasteiger partial charge in [-0.25, -0.2) is 13.8 Å². The summed E-state index contributed by atoms with van der Waals surface area (Å²) in [5.41, 5.74) is 1.17. The highest BCUT2D eigenvalue weighted by Crippen LogP contribution is 2.30. The molecule has 16 heavy (non-hydrogen) atoms. The second-order valence-corrected chi connectivity index (χ2v) is 4.30. The Kier molecular flexibility index (Phi) is 3.08. The Balaban J connectivity index is 2.12. The van der Waals surface area contributed by atoms with Crippen LogP contribution in [0.2, 0.25) is 0 Å². The third-order valence-corrected chi connectivity index (χ3v) is 2.84. The molecule has 0 aromatic carbocycles. The van der Waals surface area contributed by atoms with Gasteiger partial charge in [0.1, 0.15) is 5.82 Å². The zero-order valence-electron chi connectivity index (χ0n) is 9.42. The molecule has 1 aliphatic heterocycles. The van der Waals surface area contributed by atoms with Gasteiger partial charge in [0.2, 0.25) is 0 Å². The van der Waals surface area contributed by atoms with Crippen LogP contribution in [0.25, 0.3) is 0 Å². The van der Waals surface area contributed by atoms with Crippen LogP contribution < -0.4 is 4.90 Å². The van der Waals surface area contributed by atoms with Gasteiger partial charge in [0.25, 0.3) is 5.92 Å². The SMILES string of the molecule is CCCc1ccnc(N2CCC(F)(F)C2)c1. The van der Waals surface area contributed by atoms with Crippen LogP contribution in [0.5, 0.6) is 0 Å². The van der Waals surface area contributed by atoms with Crippen molar-refractivity contribution in [2.75, 3.05) is 18.0 Å². The lowest BCUT2D eigenvalue weighted by Gasteiger charge is -2.17. The van der Waals surface area contributed by atoms with E-state index in [1.54, 1.807) is 11.1 Å². The van der Waals surface area contributed by atoms with E-state index in [1.807, 2.05) is 12.1 Å². The van der Waals surface area contributed by atoms with Crippen molar-refractivity contribution in [3.8, 4) is 0 Å². The minimum absolute atomic E-state index is 0.0628. The van der Waals surface area contributed by atoms with Gasteiger partial charge in [-0.3, -0.25) is 0 Å². The molecule has 0 radical (unpaired) electrons. The van der Waals surface area contributed by atoms with Gasteiger partial charge in [-0.15, -0.1) is 0 Å². The Labute approximate surface area is 94.3 Å². The number of rotatable bonds is 3. The number of hydrogen-bond acceptors (Lipinski definition) is 2. The van der Waals surface area contributed by atoms with Gasteiger partial charge in [0.05, 0.1) is 6.54 Å². The van der Waals surface area contributed by atoms with Gasteiger partial charge in [-0.1, -0.05) is 13.3 Å². The predicted molar refractivity (Wildman–Crippen MR) is 60.0 cm³/mol. The fraction of sp³-hybridized carbons (Fsp3) is 0.583. The maximum absolute atomic E-state index is 13.1. The van der Waals surface area contributed by atoms with Gasteiger partial charge in [0, 0.05) is 19.2 Å². The van der Waals surface area contributed by atoms with Crippen LogP contribution >= 0.6 is 0 Å². The first-order chi connectivity index (χ1) is 7.61. The number of hydrogen-bond donors (Lipinski definition) is 0. The molecule has 0 spiro atoms. The number of aromatic nitrogens is 1. The monoisotopic (exact) mass is 226 g/mol. The van der Waals surface area contributed by atoms with Crippen molar-refractivity contribution < 1.29 is 8.78 Å². The highest BCUT2D eigenvalue weighted by atomic mass is 19.3. The van der Waals surface area contributed by atoms with Gasteiger partial charge in [-0.2, -0.15) is 0 Å². The van der Waals surface area contributed by atoms with E-state index >= 15 is 0 Å². The summed E-state index contributed by atoms with van der Waals surface area (Å²) in [6, 6.07) is 3.87. The van der Waals surface area contributed by atoms with Crippen LogP contribution in [-0.4, -0.2) is 24.0 Å². The second kappa shape index (κ2) is 4.36. The van der Waals surface area contributed by atoms with Crippen molar-refractivity contribution in [3.63, 3.8) is 0 Å². The molecule has 0 bridgehead atoms. The Bertz CT molecular complexity index is 366. The second-order valence-electron chi connectivity index (χ2n) is 4.30. The molecule has 0 N–H and O–H groups in total. The van der Waals surface area contributed by atoms with E-state index in [-0.39, 0.29) is 13.0 Å². The average molecular weight is 226 g/mol. The molecule has 0 amide bonds. The number of pyridine rings is 1. The zero-order valence-corrected chi connectivity index (χ0v) is 9.42. The molecule has 4 heteroatoms. The van der Waals surface area contributed by atoms with E-state index < -0.39 is 5.92 Å². The van der Waals surface area contributed by atoms with Crippen LogP contribution in [-0.2, 0) is 6.42 Å². The summed E-state index contributed by atoms with van der Waals surface area (Å²) in [7, 11) is 0. The molecule has 1 aromatic heterocycles. The Morgan fingerprint density at radius 3 is 2.94 bits per heavy atom. The standard InChI is InChI=1S/C12H16F2N2/c1-2-3-10-4-6-15-11(8-10)16-7-5-12(13,14)9-16/h4,6,8H,2-3,5,7,9H2,1H3. The van der Waals surface area contributed by atoms with Gasteiger partial charge >= 0.3 is 0 Å². The van der Waals surface area contributed by atoms with Crippen molar-refractivity contribution >= 4 is 5.82 Å². The van der Waals surface area contributed by atoms with Crippen LogP contribution in [0, 0.1) is 0 Å². The van der Waals surface area contributed by atoms with E-state index in [4.69, 9.17) is 0 Å². The summed E-state index contributed by atoms with van der Waals surface area (Å²) in [6.45, 7) is 2.30. The first kappa shape index (κ1) is 11.3. The summed E-state index contributed by atoms with van der Waals surface area (Å²) in [5, 5.41) is 0. The van der Waals surface area contributed by atoms with E-state index in [0.29, 0.717) is 12.4 Å². The molecule has 2 rings (SSSR count). The maximum atomic E-state index is 13.1. The van der Waals surface area contributed by atoms with Crippen molar-refractivity contribution in [2.24, 2.45) is 0 Å². The smallest absolute Gasteiger partial charge is 0.266 e. The van der Waals surface area contributed by atoms with Crippen LogP contribution in [0.15, 0.2) is 18.3 Å². The largest absolute Gasteiger partial charge is 0.350 e. The molecule has 0 aliphatic carbocycles.